The summed E-state index contributed by atoms with van der Waals surface area (Å²) in [5, 5.41) is 2.95. The molecule has 216 valence electrons. The van der Waals surface area contributed by atoms with Gasteiger partial charge in [-0.25, -0.2) is 4.39 Å². The third kappa shape index (κ3) is 7.59. The van der Waals surface area contributed by atoms with Crippen LogP contribution in [-0.2, 0) is 19.6 Å². The quantitative estimate of drug-likeness (QED) is 0.276. The van der Waals surface area contributed by atoms with E-state index in [1.807, 2.05) is 53.4 Å². The van der Waals surface area contributed by atoms with E-state index in [2.05, 4.69) is 15.2 Å². The molecule has 8 heteroatoms. The van der Waals surface area contributed by atoms with Crippen LogP contribution in [-0.4, -0.2) is 52.8 Å². The van der Waals surface area contributed by atoms with Gasteiger partial charge in [0.2, 0.25) is 0 Å². The SMILES string of the molecule is COc1ccc(CNC(=O)c2ccc(CN(C(=O)c3cccnc3)C3CCN(Cc4ccc(F)cc4)CC3)cc2)cc1. The van der Waals surface area contributed by atoms with Crippen molar-refractivity contribution in [2.45, 2.75) is 38.5 Å². The minimum absolute atomic E-state index is 0.0543. The van der Waals surface area contributed by atoms with Crippen molar-refractivity contribution in [3.05, 3.63) is 131 Å². The Hall–Kier alpha value is -4.56. The van der Waals surface area contributed by atoms with E-state index in [4.69, 9.17) is 4.74 Å². The first-order valence-electron chi connectivity index (χ1n) is 14.2. The van der Waals surface area contributed by atoms with Gasteiger partial charge < -0.3 is 15.0 Å². The number of amides is 2. The Bertz CT molecular complexity index is 1450. The lowest BCUT2D eigenvalue weighted by molar-refractivity contribution is 0.0542. The monoisotopic (exact) mass is 566 g/mol. The van der Waals surface area contributed by atoms with Gasteiger partial charge in [0.15, 0.2) is 0 Å². The van der Waals surface area contributed by atoms with Crippen LogP contribution in [0.4, 0.5) is 4.39 Å². The summed E-state index contributed by atoms with van der Waals surface area (Å²) in [5.74, 6) is 0.326. The molecule has 1 aromatic heterocycles. The van der Waals surface area contributed by atoms with Crippen LogP contribution < -0.4 is 10.1 Å². The fraction of sp³-hybridized carbons (Fsp3) is 0.265. The van der Waals surface area contributed by atoms with Gasteiger partial charge in [-0.15, -0.1) is 0 Å². The van der Waals surface area contributed by atoms with Gasteiger partial charge in [-0.05, 0) is 78.1 Å². The van der Waals surface area contributed by atoms with E-state index < -0.39 is 0 Å². The zero-order valence-corrected chi connectivity index (χ0v) is 23.7. The van der Waals surface area contributed by atoms with Crippen LogP contribution in [0, 0.1) is 5.82 Å². The molecule has 0 aliphatic carbocycles. The third-order valence-electron chi connectivity index (χ3n) is 7.67. The number of ether oxygens (including phenoxy) is 1. The Balaban J connectivity index is 1.22. The highest BCUT2D eigenvalue weighted by Gasteiger charge is 2.29. The van der Waals surface area contributed by atoms with Crippen molar-refractivity contribution in [1.29, 1.82) is 0 Å². The topological polar surface area (TPSA) is 74.8 Å². The highest BCUT2D eigenvalue weighted by atomic mass is 19.1. The van der Waals surface area contributed by atoms with Gasteiger partial charge >= 0.3 is 0 Å². The minimum atomic E-state index is -0.232. The van der Waals surface area contributed by atoms with Gasteiger partial charge in [-0.3, -0.25) is 19.5 Å². The highest BCUT2D eigenvalue weighted by molar-refractivity contribution is 5.95. The molecule has 5 rings (SSSR count). The molecule has 0 bridgehead atoms. The van der Waals surface area contributed by atoms with E-state index in [1.165, 1.54) is 12.1 Å². The minimum Gasteiger partial charge on any atom is -0.497 e. The fourth-order valence-electron chi connectivity index (χ4n) is 5.24. The van der Waals surface area contributed by atoms with E-state index in [-0.39, 0.29) is 23.7 Å². The Morgan fingerprint density at radius 1 is 0.905 bits per heavy atom. The van der Waals surface area contributed by atoms with Gasteiger partial charge in [-0.2, -0.15) is 0 Å². The second kappa shape index (κ2) is 13.9. The van der Waals surface area contributed by atoms with E-state index in [0.717, 1.165) is 54.9 Å². The summed E-state index contributed by atoms with van der Waals surface area (Å²) >= 11 is 0. The Morgan fingerprint density at radius 2 is 1.57 bits per heavy atom. The second-order valence-corrected chi connectivity index (χ2v) is 10.5. The number of rotatable bonds is 10. The zero-order valence-electron chi connectivity index (χ0n) is 23.7. The standard InChI is InChI=1S/C34H35FN4O3/c1-42-32-14-8-25(9-15-32)21-37-33(40)28-10-4-27(5-11-28)24-39(34(41)29-3-2-18-36-22-29)31-16-19-38(20-17-31)23-26-6-12-30(35)13-7-26/h2-15,18,22,31H,16-17,19-21,23-24H2,1H3,(H,37,40). The van der Waals surface area contributed by atoms with E-state index in [1.54, 1.807) is 43.8 Å². The normalized spacial score (nSPS) is 13.9. The predicted molar refractivity (Wildman–Crippen MR) is 159 cm³/mol. The maximum atomic E-state index is 13.7. The van der Waals surface area contributed by atoms with Crippen LogP contribution in [0.3, 0.4) is 0 Å². The zero-order chi connectivity index (χ0) is 29.3. The average Bonchev–Trinajstić information content (AvgIpc) is 3.04. The first kappa shape index (κ1) is 29.0. The number of benzene rings is 3. The summed E-state index contributed by atoms with van der Waals surface area (Å²) in [4.78, 5) is 34.8. The molecule has 1 N–H and O–H groups in total. The lowest BCUT2D eigenvalue weighted by Gasteiger charge is -2.38. The number of methoxy groups -OCH3 is 1. The van der Waals surface area contributed by atoms with E-state index in [9.17, 15) is 14.0 Å². The van der Waals surface area contributed by atoms with Crippen LogP contribution in [0.2, 0.25) is 0 Å². The maximum absolute atomic E-state index is 13.7. The Labute approximate surface area is 246 Å². The molecule has 0 spiro atoms. The van der Waals surface area contributed by atoms with Crippen LogP contribution in [0.5, 0.6) is 5.75 Å². The number of nitrogens with zero attached hydrogens (tertiary/aromatic N) is 3. The summed E-state index contributed by atoms with van der Waals surface area (Å²) < 4.78 is 18.5. The summed E-state index contributed by atoms with van der Waals surface area (Å²) in [6.07, 6.45) is 4.93. The number of hydrogen-bond acceptors (Lipinski definition) is 5. The summed E-state index contributed by atoms with van der Waals surface area (Å²) in [6, 6.07) is 25.3. The van der Waals surface area contributed by atoms with Crippen molar-refractivity contribution in [2.75, 3.05) is 20.2 Å². The molecule has 1 fully saturated rings. The smallest absolute Gasteiger partial charge is 0.255 e. The lowest BCUT2D eigenvalue weighted by Crippen LogP contribution is -2.46. The molecule has 0 radical (unpaired) electrons. The van der Waals surface area contributed by atoms with E-state index in [0.29, 0.717) is 24.2 Å². The molecule has 42 heavy (non-hydrogen) atoms. The Kier molecular flexibility index (Phi) is 9.56. The molecular weight excluding hydrogens is 531 g/mol. The number of pyridine rings is 1. The number of carbonyl (C=O) groups excluding carboxylic acids is 2. The molecule has 3 aromatic carbocycles. The number of piperidine rings is 1. The number of carbonyl (C=O) groups is 2. The van der Waals surface area contributed by atoms with Crippen molar-refractivity contribution < 1.29 is 18.7 Å². The number of nitrogens with one attached hydrogen (secondary N) is 1. The number of likely N-dealkylation sites (tertiary alicyclic amines) is 1. The second-order valence-electron chi connectivity index (χ2n) is 10.5. The molecule has 1 aliphatic rings. The molecule has 4 aromatic rings. The summed E-state index contributed by atoms with van der Waals surface area (Å²) in [6.45, 7) is 3.28. The average molecular weight is 567 g/mol. The predicted octanol–water partition coefficient (Wildman–Crippen LogP) is 5.47. The number of hydrogen-bond donors (Lipinski definition) is 1. The molecule has 0 unspecified atom stereocenters. The molecule has 7 nitrogen and oxygen atoms in total. The molecule has 1 aliphatic heterocycles. The van der Waals surface area contributed by atoms with Gasteiger partial charge in [0.25, 0.3) is 11.8 Å². The van der Waals surface area contributed by atoms with Gasteiger partial charge in [0.05, 0.1) is 12.7 Å². The fourth-order valence-corrected chi connectivity index (χ4v) is 5.24. The first-order chi connectivity index (χ1) is 20.5. The number of halogens is 1. The molecule has 0 saturated carbocycles. The van der Waals surface area contributed by atoms with Crippen molar-refractivity contribution in [3.8, 4) is 5.75 Å². The van der Waals surface area contributed by atoms with Gasteiger partial charge in [0.1, 0.15) is 11.6 Å². The van der Waals surface area contributed by atoms with Crippen LogP contribution in [0.1, 0.15) is 50.2 Å². The molecule has 2 heterocycles. The third-order valence-corrected chi connectivity index (χ3v) is 7.67. The van der Waals surface area contributed by atoms with Crippen LogP contribution >= 0.6 is 0 Å². The lowest BCUT2D eigenvalue weighted by atomic mass is 10.00. The van der Waals surface area contributed by atoms with Crippen molar-refractivity contribution >= 4 is 11.8 Å². The van der Waals surface area contributed by atoms with E-state index >= 15 is 0 Å². The largest absolute Gasteiger partial charge is 0.497 e. The first-order valence-corrected chi connectivity index (χ1v) is 14.2. The summed E-state index contributed by atoms with van der Waals surface area (Å²) in [7, 11) is 1.62. The van der Waals surface area contributed by atoms with Crippen LogP contribution in [0.25, 0.3) is 0 Å². The van der Waals surface area contributed by atoms with Crippen molar-refractivity contribution in [1.82, 2.24) is 20.1 Å². The Morgan fingerprint density at radius 3 is 2.21 bits per heavy atom. The highest BCUT2D eigenvalue weighted by Crippen LogP contribution is 2.23. The molecule has 2 amide bonds. The van der Waals surface area contributed by atoms with Crippen molar-refractivity contribution in [2.24, 2.45) is 0 Å². The summed E-state index contributed by atoms with van der Waals surface area (Å²) in [5.41, 5.74) is 4.13. The molecule has 1 saturated heterocycles. The molecule has 0 atom stereocenters. The number of aromatic nitrogens is 1. The molecular formula is C34H35FN4O3. The van der Waals surface area contributed by atoms with Gasteiger partial charge in [0, 0.05) is 56.7 Å². The van der Waals surface area contributed by atoms with Gasteiger partial charge in [-0.1, -0.05) is 36.4 Å². The van der Waals surface area contributed by atoms with Crippen LogP contribution in [0.15, 0.2) is 97.3 Å². The van der Waals surface area contributed by atoms with Crippen molar-refractivity contribution in [3.63, 3.8) is 0 Å². The maximum Gasteiger partial charge on any atom is 0.255 e.